The predicted octanol–water partition coefficient (Wildman–Crippen LogP) is 2.61. The van der Waals surface area contributed by atoms with E-state index in [1.807, 2.05) is 0 Å². The van der Waals surface area contributed by atoms with Crippen molar-refractivity contribution in [3.8, 4) is 0 Å². The maximum atomic E-state index is 11.5. The number of benzene rings is 1. The zero-order chi connectivity index (χ0) is 13.7. The van der Waals surface area contributed by atoms with Gasteiger partial charge in [-0.3, -0.25) is 14.9 Å². The van der Waals surface area contributed by atoms with Gasteiger partial charge in [0.1, 0.15) is 12.3 Å². The average Bonchev–Trinajstić information content (AvgIpc) is 2.26. The van der Waals surface area contributed by atoms with Crippen LogP contribution in [-0.2, 0) is 9.53 Å². The van der Waals surface area contributed by atoms with Crippen LogP contribution in [0.1, 0.15) is 13.8 Å². The lowest BCUT2D eigenvalue weighted by Gasteiger charge is -2.09. The minimum Gasteiger partial charge on any atom is -0.369 e. The van der Waals surface area contributed by atoms with Crippen molar-refractivity contribution in [3.05, 3.63) is 33.3 Å². The van der Waals surface area contributed by atoms with Crippen LogP contribution in [0.25, 0.3) is 0 Å². The van der Waals surface area contributed by atoms with Gasteiger partial charge in [0.2, 0.25) is 0 Å². The fourth-order valence-electron chi connectivity index (χ4n) is 1.20. The van der Waals surface area contributed by atoms with Crippen molar-refractivity contribution in [3.63, 3.8) is 0 Å². The second-order valence-electron chi connectivity index (χ2n) is 3.83. The third-order valence-electron chi connectivity index (χ3n) is 1.98. The average molecular weight is 273 g/mol. The summed E-state index contributed by atoms with van der Waals surface area (Å²) in [4.78, 5) is 21.7. The molecule has 1 N–H and O–H groups in total. The number of nitro groups is 1. The van der Waals surface area contributed by atoms with E-state index in [2.05, 4.69) is 5.32 Å². The Balaban J connectivity index is 2.79. The van der Waals surface area contributed by atoms with Crippen LogP contribution in [0.15, 0.2) is 18.2 Å². The van der Waals surface area contributed by atoms with Crippen molar-refractivity contribution in [2.75, 3.05) is 11.9 Å². The summed E-state index contributed by atoms with van der Waals surface area (Å²) in [6.45, 7) is 3.41. The number of carbonyl (C=O) groups is 1. The number of anilines is 1. The van der Waals surface area contributed by atoms with Gasteiger partial charge < -0.3 is 10.1 Å². The molecule has 1 rings (SSSR count). The molecule has 0 unspecified atom stereocenters. The molecule has 0 aliphatic carbocycles. The van der Waals surface area contributed by atoms with Gasteiger partial charge in [-0.25, -0.2) is 0 Å². The second-order valence-corrected chi connectivity index (χ2v) is 4.26. The van der Waals surface area contributed by atoms with Crippen LogP contribution < -0.4 is 5.32 Å². The van der Waals surface area contributed by atoms with Crippen molar-refractivity contribution in [2.24, 2.45) is 0 Å². The minimum absolute atomic E-state index is 0.0601. The molecule has 18 heavy (non-hydrogen) atoms. The number of nitrogens with zero attached hydrogens (tertiary/aromatic N) is 1. The number of hydrogen-bond donors (Lipinski definition) is 1. The number of ether oxygens (including phenoxy) is 1. The van der Waals surface area contributed by atoms with Crippen LogP contribution in [0, 0.1) is 10.1 Å². The molecule has 0 aliphatic heterocycles. The molecule has 1 amide bonds. The van der Waals surface area contributed by atoms with Crippen molar-refractivity contribution in [2.45, 2.75) is 20.0 Å². The van der Waals surface area contributed by atoms with E-state index in [-0.39, 0.29) is 24.1 Å². The molecule has 1 aromatic carbocycles. The normalized spacial score (nSPS) is 10.4. The Morgan fingerprint density at radius 2 is 2.22 bits per heavy atom. The Morgan fingerprint density at radius 1 is 1.56 bits per heavy atom. The predicted molar refractivity (Wildman–Crippen MR) is 67.8 cm³/mol. The third-order valence-corrected chi connectivity index (χ3v) is 2.21. The highest BCUT2D eigenvalue weighted by Crippen LogP contribution is 2.27. The quantitative estimate of drug-likeness (QED) is 0.660. The van der Waals surface area contributed by atoms with Crippen LogP contribution in [0.2, 0.25) is 5.02 Å². The molecule has 0 bridgehead atoms. The molecule has 0 heterocycles. The Kier molecular flexibility index (Phi) is 5.06. The molecule has 98 valence electrons. The summed E-state index contributed by atoms with van der Waals surface area (Å²) in [5, 5.41) is 13.5. The summed E-state index contributed by atoms with van der Waals surface area (Å²) < 4.78 is 5.09. The number of rotatable bonds is 5. The Bertz CT molecular complexity index is 462. The number of carbonyl (C=O) groups excluding carboxylic acids is 1. The standard InChI is InChI=1S/C11H13ClN2O4/c1-7(2)18-6-11(15)13-9-5-8(12)3-4-10(9)14(16)17/h3-5,7H,6H2,1-2H3,(H,13,15). The molecular weight excluding hydrogens is 260 g/mol. The second kappa shape index (κ2) is 6.32. The van der Waals surface area contributed by atoms with Gasteiger partial charge >= 0.3 is 0 Å². The molecule has 1 aromatic rings. The Morgan fingerprint density at radius 3 is 2.78 bits per heavy atom. The fourth-order valence-corrected chi connectivity index (χ4v) is 1.37. The molecule has 0 spiro atoms. The third kappa shape index (κ3) is 4.31. The van der Waals surface area contributed by atoms with Crippen LogP contribution >= 0.6 is 11.6 Å². The lowest BCUT2D eigenvalue weighted by Crippen LogP contribution is -2.21. The van der Waals surface area contributed by atoms with Gasteiger partial charge in [-0.1, -0.05) is 11.6 Å². The van der Waals surface area contributed by atoms with Gasteiger partial charge in [-0.05, 0) is 26.0 Å². The first-order chi connectivity index (χ1) is 8.40. The molecule has 0 atom stereocenters. The van der Waals surface area contributed by atoms with Crippen molar-refractivity contribution in [1.29, 1.82) is 0 Å². The van der Waals surface area contributed by atoms with Crippen LogP contribution in [-0.4, -0.2) is 23.5 Å². The first kappa shape index (κ1) is 14.4. The molecule has 0 saturated carbocycles. The maximum absolute atomic E-state index is 11.5. The molecular formula is C11H13ClN2O4. The van der Waals surface area contributed by atoms with Crippen molar-refractivity contribution < 1.29 is 14.5 Å². The largest absolute Gasteiger partial charge is 0.369 e. The van der Waals surface area contributed by atoms with E-state index in [9.17, 15) is 14.9 Å². The van der Waals surface area contributed by atoms with E-state index in [4.69, 9.17) is 16.3 Å². The Labute approximate surface area is 109 Å². The monoisotopic (exact) mass is 272 g/mol. The van der Waals surface area contributed by atoms with Gasteiger partial charge in [0.15, 0.2) is 0 Å². The zero-order valence-electron chi connectivity index (χ0n) is 9.97. The molecule has 0 radical (unpaired) electrons. The number of hydrogen-bond acceptors (Lipinski definition) is 4. The van der Waals surface area contributed by atoms with E-state index in [1.54, 1.807) is 13.8 Å². The van der Waals surface area contributed by atoms with Gasteiger partial charge in [0, 0.05) is 11.1 Å². The van der Waals surface area contributed by atoms with Crippen LogP contribution in [0.5, 0.6) is 0 Å². The summed E-state index contributed by atoms with van der Waals surface area (Å²) in [7, 11) is 0. The minimum atomic E-state index is -0.588. The lowest BCUT2D eigenvalue weighted by atomic mass is 10.2. The number of amides is 1. The molecule has 0 aliphatic rings. The van der Waals surface area contributed by atoms with E-state index >= 15 is 0 Å². The van der Waals surface area contributed by atoms with Gasteiger partial charge in [0.25, 0.3) is 11.6 Å². The van der Waals surface area contributed by atoms with Gasteiger partial charge in [0.05, 0.1) is 11.0 Å². The Hall–Kier alpha value is -1.66. The SMILES string of the molecule is CC(C)OCC(=O)Nc1cc(Cl)ccc1[N+](=O)[O-]. The first-order valence-electron chi connectivity index (χ1n) is 5.25. The molecule has 0 saturated heterocycles. The first-order valence-corrected chi connectivity index (χ1v) is 5.63. The molecule has 0 fully saturated rings. The van der Waals surface area contributed by atoms with Gasteiger partial charge in [-0.2, -0.15) is 0 Å². The summed E-state index contributed by atoms with van der Waals surface area (Å²) in [6.07, 6.45) is -0.0925. The fraction of sp³-hybridized carbons (Fsp3) is 0.364. The van der Waals surface area contributed by atoms with E-state index in [1.165, 1.54) is 18.2 Å². The summed E-state index contributed by atoms with van der Waals surface area (Å²) >= 11 is 5.73. The zero-order valence-corrected chi connectivity index (χ0v) is 10.7. The van der Waals surface area contributed by atoms with Crippen molar-refractivity contribution in [1.82, 2.24) is 0 Å². The molecule has 6 nitrogen and oxygen atoms in total. The summed E-state index contributed by atoms with van der Waals surface area (Å²) in [5.74, 6) is -0.464. The van der Waals surface area contributed by atoms with Gasteiger partial charge in [-0.15, -0.1) is 0 Å². The smallest absolute Gasteiger partial charge is 0.292 e. The number of nitro benzene ring substituents is 1. The molecule has 0 aromatic heterocycles. The van der Waals surface area contributed by atoms with E-state index in [0.717, 1.165) is 0 Å². The maximum Gasteiger partial charge on any atom is 0.292 e. The lowest BCUT2D eigenvalue weighted by molar-refractivity contribution is -0.383. The highest BCUT2D eigenvalue weighted by atomic mass is 35.5. The summed E-state index contributed by atoms with van der Waals surface area (Å²) in [6, 6.07) is 3.95. The van der Waals surface area contributed by atoms with Crippen molar-refractivity contribution >= 4 is 28.9 Å². The van der Waals surface area contributed by atoms with Crippen LogP contribution in [0.4, 0.5) is 11.4 Å². The number of halogens is 1. The molecule has 7 heteroatoms. The van der Waals surface area contributed by atoms with E-state index < -0.39 is 10.8 Å². The van der Waals surface area contributed by atoms with E-state index in [0.29, 0.717) is 5.02 Å². The topological polar surface area (TPSA) is 81.5 Å². The number of nitrogens with one attached hydrogen (secondary N) is 1. The van der Waals surface area contributed by atoms with Crippen LogP contribution in [0.3, 0.4) is 0 Å². The summed E-state index contributed by atoms with van der Waals surface area (Å²) in [5.41, 5.74) is -0.151. The highest BCUT2D eigenvalue weighted by Gasteiger charge is 2.16. The highest BCUT2D eigenvalue weighted by molar-refractivity contribution is 6.31.